The van der Waals surface area contributed by atoms with Crippen LogP contribution >= 0.6 is 0 Å². The largest absolute Gasteiger partial charge is 0.461 e. The topological polar surface area (TPSA) is 63.7 Å². The van der Waals surface area contributed by atoms with Gasteiger partial charge >= 0.3 is 5.97 Å². The smallest absolute Gasteiger partial charge is 0.330 e. The van der Waals surface area contributed by atoms with Gasteiger partial charge in [-0.25, -0.2) is 13.2 Å². The molecule has 0 bridgehead atoms. The number of anilines is 1. The van der Waals surface area contributed by atoms with Crippen LogP contribution in [0.2, 0.25) is 0 Å². The van der Waals surface area contributed by atoms with Crippen molar-refractivity contribution in [2.24, 2.45) is 5.92 Å². The molecule has 2 rings (SSSR count). The lowest BCUT2D eigenvalue weighted by Gasteiger charge is -2.19. The van der Waals surface area contributed by atoms with Gasteiger partial charge in [-0.2, -0.15) is 0 Å². The zero-order chi connectivity index (χ0) is 22.9. The van der Waals surface area contributed by atoms with Gasteiger partial charge in [-0.15, -0.1) is 0 Å². The molecule has 166 valence electrons. The second kappa shape index (κ2) is 11.5. The summed E-state index contributed by atoms with van der Waals surface area (Å²) in [6, 6.07) is 15.0. The summed E-state index contributed by atoms with van der Waals surface area (Å²) in [6.45, 7) is 8.21. The molecule has 0 radical (unpaired) electrons. The van der Waals surface area contributed by atoms with E-state index in [-0.39, 0.29) is 11.7 Å². The Balaban J connectivity index is 1.96. The minimum atomic E-state index is -3.24. The third-order valence-electron chi connectivity index (χ3n) is 5.08. The molecule has 2 aromatic rings. The van der Waals surface area contributed by atoms with Gasteiger partial charge in [-0.1, -0.05) is 63.3 Å². The molecule has 0 heterocycles. The molecule has 1 unspecified atom stereocenters. The Bertz CT molecular complexity index is 993. The Labute approximate surface area is 186 Å². The highest BCUT2D eigenvalue weighted by atomic mass is 32.2. The maximum Gasteiger partial charge on any atom is 0.330 e. The van der Waals surface area contributed by atoms with Gasteiger partial charge in [0, 0.05) is 18.8 Å². The van der Waals surface area contributed by atoms with Gasteiger partial charge in [0.25, 0.3) is 0 Å². The summed E-state index contributed by atoms with van der Waals surface area (Å²) in [5.41, 5.74) is 2.99. The second-order valence-electron chi connectivity index (χ2n) is 7.58. The predicted molar refractivity (Wildman–Crippen MR) is 128 cm³/mol. The van der Waals surface area contributed by atoms with Gasteiger partial charge in [-0.3, -0.25) is 0 Å². The van der Waals surface area contributed by atoms with Crippen molar-refractivity contribution >= 4 is 33.6 Å². The predicted octanol–water partition coefficient (Wildman–Crippen LogP) is 4.84. The maximum absolute atomic E-state index is 12.4. The maximum atomic E-state index is 12.4. The van der Waals surface area contributed by atoms with Crippen LogP contribution in [-0.2, 0) is 19.4 Å². The molecule has 0 saturated heterocycles. The van der Waals surface area contributed by atoms with Crippen LogP contribution in [0.25, 0.3) is 12.2 Å². The molecule has 6 heteroatoms. The monoisotopic (exact) mass is 441 g/mol. The number of rotatable bonds is 11. The average Bonchev–Trinajstić information content (AvgIpc) is 2.77. The third kappa shape index (κ3) is 7.72. The molecule has 0 saturated carbocycles. The third-order valence-corrected chi connectivity index (χ3v) is 7.08. The molecule has 0 amide bonds. The van der Waals surface area contributed by atoms with Gasteiger partial charge in [0.15, 0.2) is 9.84 Å². The van der Waals surface area contributed by atoms with Crippen molar-refractivity contribution in [3.8, 4) is 0 Å². The Hall–Kier alpha value is -2.86. The number of benzene rings is 2. The lowest BCUT2D eigenvalue weighted by molar-refractivity contribution is -0.137. The van der Waals surface area contributed by atoms with E-state index in [0.717, 1.165) is 29.3 Å². The fourth-order valence-corrected chi connectivity index (χ4v) is 4.61. The number of likely N-dealkylation sites (N-methyl/N-ethyl adjacent to an activating group) is 1. The van der Waals surface area contributed by atoms with Gasteiger partial charge in [-0.05, 0) is 41.3 Å². The molecule has 5 nitrogen and oxygen atoms in total. The quantitative estimate of drug-likeness (QED) is 0.284. The first-order valence-electron chi connectivity index (χ1n) is 10.4. The number of esters is 1. The Morgan fingerprint density at radius 3 is 2.13 bits per heavy atom. The van der Waals surface area contributed by atoms with E-state index < -0.39 is 15.8 Å². The summed E-state index contributed by atoms with van der Waals surface area (Å²) in [5.74, 6) is -0.0975. The molecular formula is C25H31NO4S. The van der Waals surface area contributed by atoms with E-state index in [0.29, 0.717) is 18.0 Å². The van der Waals surface area contributed by atoms with E-state index in [1.165, 1.54) is 0 Å². The van der Waals surface area contributed by atoms with E-state index in [4.69, 9.17) is 4.74 Å². The summed E-state index contributed by atoms with van der Waals surface area (Å²) in [4.78, 5) is 13.5. The highest BCUT2D eigenvalue weighted by Gasteiger charge is 2.17. The Morgan fingerprint density at radius 1 is 1.06 bits per heavy atom. The second-order valence-corrected chi connectivity index (χ2v) is 9.62. The molecular weight excluding hydrogens is 410 g/mol. The van der Waals surface area contributed by atoms with E-state index in [2.05, 4.69) is 6.58 Å². The molecule has 0 aliphatic rings. The molecule has 0 fully saturated rings. The first kappa shape index (κ1) is 24.4. The van der Waals surface area contributed by atoms with E-state index >= 15 is 0 Å². The molecule has 0 aliphatic carbocycles. The van der Waals surface area contributed by atoms with Crippen LogP contribution in [0.15, 0.2) is 66.1 Å². The van der Waals surface area contributed by atoms with Gasteiger partial charge in [0.2, 0.25) is 0 Å². The fraction of sp³-hybridized carbons (Fsp3) is 0.320. The van der Waals surface area contributed by atoms with E-state index in [9.17, 15) is 13.2 Å². The van der Waals surface area contributed by atoms with Crippen molar-refractivity contribution in [3.05, 3.63) is 72.3 Å². The van der Waals surface area contributed by atoms with Crippen LogP contribution in [0.3, 0.4) is 0 Å². The number of ether oxygens (including phenoxy) is 1. The van der Waals surface area contributed by atoms with Crippen molar-refractivity contribution < 1.29 is 17.9 Å². The van der Waals surface area contributed by atoms with Crippen LogP contribution in [0.4, 0.5) is 5.69 Å². The van der Waals surface area contributed by atoms with Crippen molar-refractivity contribution in [3.63, 3.8) is 0 Å². The zero-order valence-electron chi connectivity index (χ0n) is 18.5. The minimum absolute atomic E-state index is 0.147. The SMILES string of the molecule is C=CC(=O)OCCN(C)c1ccc(/C=C/c2ccc(S(=O)(=O)CC(C)CC)cc2)cc1. The molecule has 0 aromatic heterocycles. The molecule has 0 N–H and O–H groups in total. The van der Waals surface area contributed by atoms with Crippen molar-refractivity contribution in [2.45, 2.75) is 25.2 Å². The van der Waals surface area contributed by atoms with Gasteiger partial charge < -0.3 is 9.64 Å². The van der Waals surface area contributed by atoms with Crippen LogP contribution in [0, 0.1) is 5.92 Å². The zero-order valence-corrected chi connectivity index (χ0v) is 19.3. The average molecular weight is 442 g/mol. The van der Waals surface area contributed by atoms with Crippen LogP contribution in [-0.4, -0.2) is 40.3 Å². The summed E-state index contributed by atoms with van der Waals surface area (Å²) in [6.07, 6.45) is 5.94. The number of carbonyl (C=O) groups is 1. The lowest BCUT2D eigenvalue weighted by atomic mass is 10.1. The van der Waals surface area contributed by atoms with Crippen LogP contribution in [0.1, 0.15) is 31.4 Å². The lowest BCUT2D eigenvalue weighted by Crippen LogP contribution is -2.23. The van der Waals surface area contributed by atoms with Gasteiger partial charge in [0.1, 0.15) is 6.61 Å². The number of hydrogen-bond donors (Lipinski definition) is 0. The van der Waals surface area contributed by atoms with Crippen LogP contribution in [0.5, 0.6) is 0 Å². The van der Waals surface area contributed by atoms with Crippen LogP contribution < -0.4 is 4.90 Å². The highest BCUT2D eigenvalue weighted by molar-refractivity contribution is 7.91. The number of hydrogen-bond acceptors (Lipinski definition) is 5. The molecule has 1 atom stereocenters. The summed E-state index contributed by atoms with van der Waals surface area (Å²) in [7, 11) is -1.31. The fourth-order valence-electron chi connectivity index (χ4n) is 2.88. The Morgan fingerprint density at radius 2 is 1.61 bits per heavy atom. The standard InChI is InChI=1S/C25H31NO4S/c1-5-20(3)19-31(28,29)24-15-11-22(12-16-24)8-7-21-9-13-23(14-10-21)26(4)17-18-30-25(27)6-2/h6-16,20H,2,5,17-19H2,1,3-4H3/b8-7+. The number of sulfone groups is 1. The Kier molecular flexibility index (Phi) is 9.06. The molecule has 0 aliphatic heterocycles. The molecule has 2 aromatic carbocycles. The first-order valence-corrected chi connectivity index (χ1v) is 12.0. The van der Waals surface area contributed by atoms with Gasteiger partial charge in [0.05, 0.1) is 17.2 Å². The van der Waals surface area contributed by atoms with Crippen molar-refractivity contribution in [1.29, 1.82) is 0 Å². The molecule has 0 spiro atoms. The number of nitrogens with zero attached hydrogens (tertiary/aromatic N) is 1. The highest BCUT2D eigenvalue weighted by Crippen LogP contribution is 2.19. The normalized spacial score (nSPS) is 12.5. The number of carbonyl (C=O) groups excluding carboxylic acids is 1. The minimum Gasteiger partial charge on any atom is -0.461 e. The van der Waals surface area contributed by atoms with E-state index in [1.54, 1.807) is 12.1 Å². The van der Waals surface area contributed by atoms with Crippen molar-refractivity contribution in [2.75, 3.05) is 30.9 Å². The first-order chi connectivity index (χ1) is 14.7. The molecule has 31 heavy (non-hydrogen) atoms. The summed E-state index contributed by atoms with van der Waals surface area (Å²) in [5, 5.41) is 0. The summed E-state index contributed by atoms with van der Waals surface area (Å²) >= 11 is 0. The summed E-state index contributed by atoms with van der Waals surface area (Å²) < 4.78 is 29.9. The van der Waals surface area contributed by atoms with E-state index in [1.807, 2.05) is 74.3 Å². The van der Waals surface area contributed by atoms with Crippen molar-refractivity contribution in [1.82, 2.24) is 0 Å².